The fraction of sp³-hybridized carbons (Fsp3) is 0.500. The third-order valence-corrected chi connectivity index (χ3v) is 4.84. The summed E-state index contributed by atoms with van der Waals surface area (Å²) in [5, 5.41) is 8.75. The molecule has 0 bridgehead atoms. The number of carboxylic acid groups (broad SMARTS) is 1. The molecule has 1 saturated heterocycles. The monoisotopic (exact) mass is 299 g/mol. The van der Waals surface area contributed by atoms with Crippen LogP contribution < -0.4 is 4.72 Å². The van der Waals surface area contributed by atoms with Crippen molar-refractivity contribution in [3.63, 3.8) is 0 Å². The minimum atomic E-state index is -3.62. The fourth-order valence-electron chi connectivity index (χ4n) is 2.00. The Hall–Kier alpha value is -1.67. The number of nitrogens with zero attached hydrogens (tertiary/aromatic N) is 2. The predicted molar refractivity (Wildman–Crippen MR) is 73.7 cm³/mol. The molecule has 2 rings (SSSR count). The van der Waals surface area contributed by atoms with Gasteiger partial charge in [0.05, 0.1) is 5.56 Å². The fourth-order valence-corrected chi connectivity index (χ4v) is 3.21. The number of aromatic nitrogens is 1. The van der Waals surface area contributed by atoms with Crippen LogP contribution in [0.2, 0.25) is 0 Å². The zero-order valence-electron chi connectivity index (χ0n) is 11.1. The van der Waals surface area contributed by atoms with Crippen molar-refractivity contribution in [3.05, 3.63) is 23.9 Å². The summed E-state index contributed by atoms with van der Waals surface area (Å²) < 4.78 is 28.0. The van der Waals surface area contributed by atoms with Crippen molar-refractivity contribution >= 4 is 22.0 Å². The average molecular weight is 299 g/mol. The number of anilines is 1. The summed E-state index contributed by atoms with van der Waals surface area (Å²) in [6.45, 7) is 3.08. The van der Waals surface area contributed by atoms with Gasteiger partial charge in [0.1, 0.15) is 5.82 Å². The molecule has 1 aliphatic rings. The van der Waals surface area contributed by atoms with Crippen molar-refractivity contribution in [2.45, 2.75) is 19.8 Å². The number of rotatable bonds is 4. The number of hydrogen-bond acceptors (Lipinski definition) is 4. The SMILES string of the molecule is CC1CCN(S(=O)(=O)Nc2ccc(C(=O)O)cn2)CC1. The number of piperidine rings is 1. The Morgan fingerprint density at radius 1 is 1.40 bits per heavy atom. The molecule has 1 aromatic rings. The standard InChI is InChI=1S/C12H17N3O4S/c1-9-4-6-15(7-5-9)20(18,19)14-11-3-2-10(8-13-11)12(16)17/h2-3,8-9H,4-7H2,1H3,(H,13,14)(H,16,17). The van der Waals surface area contributed by atoms with Crippen molar-refractivity contribution in [1.29, 1.82) is 0 Å². The molecule has 1 aliphatic heterocycles. The number of nitrogens with one attached hydrogen (secondary N) is 1. The van der Waals surface area contributed by atoms with E-state index in [2.05, 4.69) is 16.6 Å². The van der Waals surface area contributed by atoms with Crippen LogP contribution >= 0.6 is 0 Å². The maximum Gasteiger partial charge on any atom is 0.337 e. The highest BCUT2D eigenvalue weighted by molar-refractivity contribution is 7.90. The number of aromatic carboxylic acids is 1. The Balaban J connectivity index is 2.06. The minimum absolute atomic E-state index is 0.0137. The molecule has 0 spiro atoms. The van der Waals surface area contributed by atoms with Gasteiger partial charge in [-0.25, -0.2) is 9.78 Å². The first-order valence-electron chi connectivity index (χ1n) is 6.36. The van der Waals surface area contributed by atoms with Crippen LogP contribution in [0.25, 0.3) is 0 Å². The highest BCUT2D eigenvalue weighted by atomic mass is 32.2. The highest BCUT2D eigenvalue weighted by Crippen LogP contribution is 2.19. The van der Waals surface area contributed by atoms with E-state index in [0.29, 0.717) is 19.0 Å². The lowest BCUT2D eigenvalue weighted by atomic mass is 10.0. The molecule has 2 heterocycles. The maximum atomic E-state index is 12.1. The van der Waals surface area contributed by atoms with E-state index in [4.69, 9.17) is 5.11 Å². The van der Waals surface area contributed by atoms with Gasteiger partial charge in [-0.05, 0) is 30.9 Å². The lowest BCUT2D eigenvalue weighted by molar-refractivity contribution is 0.0696. The van der Waals surface area contributed by atoms with E-state index in [1.54, 1.807) is 0 Å². The molecule has 7 nitrogen and oxygen atoms in total. The summed E-state index contributed by atoms with van der Waals surface area (Å²) >= 11 is 0. The van der Waals surface area contributed by atoms with Crippen LogP contribution in [0, 0.1) is 5.92 Å². The summed E-state index contributed by atoms with van der Waals surface area (Å²) in [5.41, 5.74) is 0.0137. The lowest BCUT2D eigenvalue weighted by Gasteiger charge is -2.29. The van der Waals surface area contributed by atoms with Crippen molar-refractivity contribution in [2.24, 2.45) is 5.92 Å². The van der Waals surface area contributed by atoms with Gasteiger partial charge < -0.3 is 5.11 Å². The van der Waals surface area contributed by atoms with E-state index in [1.165, 1.54) is 16.4 Å². The van der Waals surface area contributed by atoms with Gasteiger partial charge in [0, 0.05) is 19.3 Å². The van der Waals surface area contributed by atoms with Crippen LogP contribution in [-0.2, 0) is 10.2 Å². The number of hydrogen-bond donors (Lipinski definition) is 2. The second-order valence-electron chi connectivity index (χ2n) is 4.93. The highest BCUT2D eigenvalue weighted by Gasteiger charge is 2.26. The Labute approximate surface area is 117 Å². The van der Waals surface area contributed by atoms with Crippen LogP contribution in [0.4, 0.5) is 5.82 Å². The van der Waals surface area contributed by atoms with E-state index in [-0.39, 0.29) is 11.4 Å². The average Bonchev–Trinajstić information content (AvgIpc) is 2.39. The molecule has 1 aromatic heterocycles. The smallest absolute Gasteiger partial charge is 0.337 e. The molecule has 2 N–H and O–H groups in total. The Bertz CT molecular complexity index is 577. The van der Waals surface area contributed by atoms with Gasteiger partial charge in [-0.1, -0.05) is 6.92 Å². The van der Waals surface area contributed by atoms with Crippen molar-refractivity contribution < 1.29 is 18.3 Å². The quantitative estimate of drug-likeness (QED) is 0.869. The van der Waals surface area contributed by atoms with Crippen molar-refractivity contribution in [3.8, 4) is 0 Å². The first kappa shape index (κ1) is 14.7. The second-order valence-corrected chi connectivity index (χ2v) is 6.60. The van der Waals surface area contributed by atoms with Gasteiger partial charge in [0.25, 0.3) is 0 Å². The molecular formula is C12H17N3O4S. The summed E-state index contributed by atoms with van der Waals surface area (Å²) in [4.78, 5) is 14.5. The normalized spacial score (nSPS) is 17.9. The largest absolute Gasteiger partial charge is 0.478 e. The van der Waals surface area contributed by atoms with Gasteiger partial charge in [-0.3, -0.25) is 4.72 Å². The van der Waals surface area contributed by atoms with Crippen LogP contribution in [0.3, 0.4) is 0 Å². The van der Waals surface area contributed by atoms with Gasteiger partial charge in [0.15, 0.2) is 0 Å². The summed E-state index contributed by atoms with van der Waals surface area (Å²) in [6, 6.07) is 2.65. The van der Waals surface area contributed by atoms with E-state index in [9.17, 15) is 13.2 Å². The zero-order valence-corrected chi connectivity index (χ0v) is 11.9. The van der Waals surface area contributed by atoms with Gasteiger partial charge in [-0.2, -0.15) is 12.7 Å². The number of carboxylic acids is 1. The molecule has 1 fully saturated rings. The maximum absolute atomic E-state index is 12.1. The van der Waals surface area contributed by atoms with E-state index < -0.39 is 16.2 Å². The topological polar surface area (TPSA) is 99.6 Å². The van der Waals surface area contributed by atoms with E-state index >= 15 is 0 Å². The molecule has 0 unspecified atom stereocenters. The molecule has 0 aromatic carbocycles. The first-order chi connectivity index (χ1) is 9.38. The Morgan fingerprint density at radius 2 is 2.05 bits per heavy atom. The van der Waals surface area contributed by atoms with Crippen molar-refractivity contribution in [1.82, 2.24) is 9.29 Å². The molecule has 0 saturated carbocycles. The Morgan fingerprint density at radius 3 is 2.55 bits per heavy atom. The van der Waals surface area contributed by atoms with E-state index in [1.807, 2.05) is 0 Å². The molecule has 110 valence electrons. The molecule has 0 aliphatic carbocycles. The summed E-state index contributed by atoms with van der Waals surface area (Å²) in [7, 11) is -3.62. The Kier molecular flexibility index (Phi) is 4.24. The molecule has 0 amide bonds. The first-order valence-corrected chi connectivity index (χ1v) is 7.80. The third-order valence-electron chi connectivity index (χ3n) is 3.33. The third kappa shape index (κ3) is 3.45. The summed E-state index contributed by atoms with van der Waals surface area (Å²) in [5.74, 6) is -0.444. The van der Waals surface area contributed by atoms with Crippen LogP contribution in [-0.4, -0.2) is 41.9 Å². The molecule has 8 heteroatoms. The summed E-state index contributed by atoms with van der Waals surface area (Å²) in [6.07, 6.45) is 2.80. The lowest BCUT2D eigenvalue weighted by Crippen LogP contribution is -2.41. The number of carbonyl (C=O) groups is 1. The molecule has 0 atom stereocenters. The van der Waals surface area contributed by atoms with Gasteiger partial charge in [0.2, 0.25) is 0 Å². The molecule has 0 radical (unpaired) electrons. The zero-order chi connectivity index (χ0) is 14.8. The molecular weight excluding hydrogens is 282 g/mol. The van der Waals surface area contributed by atoms with Crippen LogP contribution in [0.15, 0.2) is 18.3 Å². The second kappa shape index (κ2) is 5.76. The van der Waals surface area contributed by atoms with Crippen LogP contribution in [0.5, 0.6) is 0 Å². The predicted octanol–water partition coefficient (Wildman–Crippen LogP) is 1.17. The van der Waals surface area contributed by atoms with E-state index in [0.717, 1.165) is 19.0 Å². The number of pyridine rings is 1. The van der Waals surface area contributed by atoms with Crippen LogP contribution in [0.1, 0.15) is 30.1 Å². The van der Waals surface area contributed by atoms with Gasteiger partial charge in [-0.15, -0.1) is 0 Å². The van der Waals surface area contributed by atoms with Gasteiger partial charge >= 0.3 is 16.2 Å². The molecule has 20 heavy (non-hydrogen) atoms. The van der Waals surface area contributed by atoms with Crippen molar-refractivity contribution in [2.75, 3.05) is 17.8 Å². The minimum Gasteiger partial charge on any atom is -0.478 e.